The van der Waals surface area contributed by atoms with Crippen LogP contribution in [-0.4, -0.2) is 5.11 Å². The van der Waals surface area contributed by atoms with E-state index in [4.69, 9.17) is 0 Å². The van der Waals surface area contributed by atoms with E-state index in [0.29, 0.717) is 5.56 Å². The molecule has 1 unspecified atom stereocenters. The molecule has 0 aliphatic rings. The van der Waals surface area contributed by atoms with E-state index in [2.05, 4.69) is 0 Å². The Hall–Kier alpha value is -1.67. The topological polar surface area (TPSA) is 20.2 Å². The molecule has 0 aromatic heterocycles. The normalized spacial score (nSPS) is 12.4. The second-order valence-corrected chi connectivity index (χ2v) is 3.81. The Morgan fingerprint density at radius 1 is 1.06 bits per heavy atom. The Morgan fingerprint density at radius 3 is 2.50 bits per heavy atom. The molecular weight excluding hydrogens is 203 g/mol. The summed E-state index contributed by atoms with van der Waals surface area (Å²) in [6, 6.07) is 13.6. The van der Waals surface area contributed by atoms with Gasteiger partial charge in [0.2, 0.25) is 0 Å². The summed E-state index contributed by atoms with van der Waals surface area (Å²) in [6.07, 6.45) is -0.767. The minimum Gasteiger partial charge on any atom is -0.384 e. The lowest BCUT2D eigenvalue weighted by Gasteiger charge is -2.13. The van der Waals surface area contributed by atoms with E-state index < -0.39 is 6.10 Å². The van der Waals surface area contributed by atoms with Crippen molar-refractivity contribution < 1.29 is 9.50 Å². The number of rotatable bonds is 2. The van der Waals surface area contributed by atoms with Gasteiger partial charge in [0.05, 0.1) is 0 Å². The van der Waals surface area contributed by atoms with Gasteiger partial charge in [-0.05, 0) is 35.7 Å². The summed E-state index contributed by atoms with van der Waals surface area (Å²) in [5.41, 5.74) is 2.39. The Labute approximate surface area is 94.2 Å². The Bertz CT molecular complexity index is 494. The van der Waals surface area contributed by atoms with Crippen LogP contribution in [0, 0.1) is 12.7 Å². The molecule has 2 heteroatoms. The van der Waals surface area contributed by atoms with Crippen LogP contribution in [0.3, 0.4) is 0 Å². The van der Waals surface area contributed by atoms with Gasteiger partial charge in [0.15, 0.2) is 0 Å². The van der Waals surface area contributed by atoms with Crippen LogP contribution in [0.1, 0.15) is 22.8 Å². The third-order valence-electron chi connectivity index (χ3n) is 2.65. The molecule has 16 heavy (non-hydrogen) atoms. The molecule has 2 rings (SSSR count). The van der Waals surface area contributed by atoms with Crippen molar-refractivity contribution >= 4 is 0 Å². The highest BCUT2D eigenvalue weighted by Gasteiger charge is 2.12. The van der Waals surface area contributed by atoms with Crippen molar-refractivity contribution in [3.8, 4) is 0 Å². The van der Waals surface area contributed by atoms with Gasteiger partial charge in [-0.25, -0.2) is 4.39 Å². The molecule has 0 saturated carbocycles. The third kappa shape index (κ3) is 2.12. The molecular formula is C14H13FO. The van der Waals surface area contributed by atoms with Crippen molar-refractivity contribution in [2.75, 3.05) is 0 Å². The van der Waals surface area contributed by atoms with Crippen LogP contribution in [0.4, 0.5) is 4.39 Å². The summed E-state index contributed by atoms with van der Waals surface area (Å²) < 4.78 is 13.0. The van der Waals surface area contributed by atoms with Crippen LogP contribution >= 0.6 is 0 Å². The Kier molecular flexibility index (Phi) is 3.02. The fraction of sp³-hybridized carbons (Fsp3) is 0.143. The molecule has 0 aliphatic heterocycles. The van der Waals surface area contributed by atoms with Crippen molar-refractivity contribution in [1.29, 1.82) is 0 Å². The molecule has 0 aliphatic carbocycles. The van der Waals surface area contributed by atoms with E-state index in [1.54, 1.807) is 12.1 Å². The second kappa shape index (κ2) is 4.45. The summed E-state index contributed by atoms with van der Waals surface area (Å²) in [5, 5.41) is 10.1. The number of aliphatic hydroxyl groups excluding tert-OH is 1. The average molecular weight is 216 g/mol. The van der Waals surface area contributed by atoms with Gasteiger partial charge in [-0.15, -0.1) is 0 Å². The zero-order valence-electron chi connectivity index (χ0n) is 9.02. The maximum Gasteiger partial charge on any atom is 0.123 e. The van der Waals surface area contributed by atoms with Crippen LogP contribution in [0.25, 0.3) is 0 Å². The van der Waals surface area contributed by atoms with Crippen LogP contribution in [0.2, 0.25) is 0 Å². The van der Waals surface area contributed by atoms with Crippen molar-refractivity contribution in [2.24, 2.45) is 0 Å². The zero-order valence-corrected chi connectivity index (χ0v) is 9.02. The highest BCUT2D eigenvalue weighted by molar-refractivity contribution is 5.35. The number of halogens is 1. The van der Waals surface area contributed by atoms with Crippen molar-refractivity contribution in [3.63, 3.8) is 0 Å². The summed E-state index contributed by atoms with van der Waals surface area (Å²) in [7, 11) is 0. The number of hydrogen-bond donors (Lipinski definition) is 1. The lowest BCUT2D eigenvalue weighted by molar-refractivity contribution is 0.219. The second-order valence-electron chi connectivity index (χ2n) is 3.81. The SMILES string of the molecule is Cc1ccccc1C(O)c1cccc(F)c1. The van der Waals surface area contributed by atoms with E-state index >= 15 is 0 Å². The first kappa shape index (κ1) is 10.8. The van der Waals surface area contributed by atoms with Gasteiger partial charge >= 0.3 is 0 Å². The van der Waals surface area contributed by atoms with Gasteiger partial charge < -0.3 is 5.11 Å². The largest absolute Gasteiger partial charge is 0.384 e. The first-order valence-corrected chi connectivity index (χ1v) is 5.17. The molecule has 0 radical (unpaired) electrons. The molecule has 82 valence electrons. The highest BCUT2D eigenvalue weighted by Crippen LogP contribution is 2.24. The fourth-order valence-electron chi connectivity index (χ4n) is 1.75. The number of aliphatic hydroxyl groups is 1. The number of aryl methyl sites for hydroxylation is 1. The van der Waals surface area contributed by atoms with Crippen LogP contribution in [-0.2, 0) is 0 Å². The smallest absolute Gasteiger partial charge is 0.123 e. The third-order valence-corrected chi connectivity index (χ3v) is 2.65. The van der Waals surface area contributed by atoms with Gasteiger partial charge in [-0.2, -0.15) is 0 Å². The fourth-order valence-corrected chi connectivity index (χ4v) is 1.75. The number of hydrogen-bond acceptors (Lipinski definition) is 1. The molecule has 0 amide bonds. The van der Waals surface area contributed by atoms with Gasteiger partial charge in [0.1, 0.15) is 11.9 Å². The lowest BCUT2D eigenvalue weighted by Crippen LogP contribution is -2.01. The summed E-state index contributed by atoms with van der Waals surface area (Å²) in [4.78, 5) is 0. The predicted molar refractivity (Wildman–Crippen MR) is 61.6 cm³/mol. The summed E-state index contributed by atoms with van der Waals surface area (Å²) in [6.45, 7) is 1.93. The van der Waals surface area contributed by atoms with Gasteiger partial charge in [0, 0.05) is 0 Å². The van der Waals surface area contributed by atoms with E-state index in [0.717, 1.165) is 11.1 Å². The molecule has 0 heterocycles. The molecule has 2 aromatic rings. The molecule has 1 atom stereocenters. The monoisotopic (exact) mass is 216 g/mol. The van der Waals surface area contributed by atoms with Crippen molar-refractivity contribution in [3.05, 3.63) is 71.0 Å². The molecule has 0 spiro atoms. The van der Waals surface area contributed by atoms with Crippen LogP contribution in [0.15, 0.2) is 48.5 Å². The Balaban J connectivity index is 2.39. The summed E-state index contributed by atoms with van der Waals surface area (Å²) >= 11 is 0. The highest BCUT2D eigenvalue weighted by atomic mass is 19.1. The first-order chi connectivity index (χ1) is 7.68. The van der Waals surface area contributed by atoms with Gasteiger partial charge in [-0.1, -0.05) is 36.4 Å². The van der Waals surface area contributed by atoms with Crippen LogP contribution in [0.5, 0.6) is 0 Å². The predicted octanol–water partition coefficient (Wildman–Crippen LogP) is 3.22. The van der Waals surface area contributed by atoms with Gasteiger partial charge in [-0.3, -0.25) is 0 Å². The summed E-state index contributed by atoms with van der Waals surface area (Å²) in [5.74, 6) is -0.329. The van der Waals surface area contributed by atoms with E-state index in [1.165, 1.54) is 12.1 Å². The molecule has 0 saturated heterocycles. The first-order valence-electron chi connectivity index (χ1n) is 5.17. The van der Waals surface area contributed by atoms with E-state index in [-0.39, 0.29) is 5.82 Å². The zero-order chi connectivity index (χ0) is 11.5. The molecule has 0 fully saturated rings. The van der Waals surface area contributed by atoms with E-state index in [1.807, 2.05) is 31.2 Å². The standard InChI is InChI=1S/C14H13FO/c1-10-5-2-3-8-13(10)14(16)11-6-4-7-12(15)9-11/h2-9,14,16H,1H3. The minimum atomic E-state index is -0.767. The Morgan fingerprint density at radius 2 is 1.81 bits per heavy atom. The van der Waals surface area contributed by atoms with Gasteiger partial charge in [0.25, 0.3) is 0 Å². The minimum absolute atomic E-state index is 0.329. The molecule has 1 nitrogen and oxygen atoms in total. The van der Waals surface area contributed by atoms with Crippen LogP contribution < -0.4 is 0 Å². The maximum absolute atomic E-state index is 13.0. The van der Waals surface area contributed by atoms with Crippen molar-refractivity contribution in [1.82, 2.24) is 0 Å². The average Bonchev–Trinajstić information content (AvgIpc) is 2.29. The van der Waals surface area contributed by atoms with Crippen molar-refractivity contribution in [2.45, 2.75) is 13.0 Å². The molecule has 2 aromatic carbocycles. The number of benzene rings is 2. The lowest BCUT2D eigenvalue weighted by atomic mass is 9.98. The molecule has 1 N–H and O–H groups in total. The molecule has 0 bridgehead atoms. The quantitative estimate of drug-likeness (QED) is 0.817. The van der Waals surface area contributed by atoms with E-state index in [9.17, 15) is 9.50 Å². The maximum atomic E-state index is 13.0.